The molecule has 5 saturated carbocycles. The molecule has 16 nitrogen and oxygen atoms in total. The van der Waals surface area contributed by atoms with Crippen molar-refractivity contribution in [3.05, 3.63) is 167 Å². The molecular weight excluding hydrogens is 1180 g/mol. The summed E-state index contributed by atoms with van der Waals surface area (Å²) < 4.78 is 22.2. The Hall–Kier alpha value is -6.66. The van der Waals surface area contributed by atoms with E-state index in [9.17, 15) is 40.5 Å². The number of aliphatic hydroxyl groups excluding tert-OH is 3. The van der Waals surface area contributed by atoms with Gasteiger partial charge in [-0.2, -0.15) is 0 Å². The highest BCUT2D eigenvalue weighted by atomic mass is 16.6. The van der Waals surface area contributed by atoms with Crippen LogP contribution in [0.5, 0.6) is 17.2 Å². The van der Waals surface area contributed by atoms with Gasteiger partial charge in [0.2, 0.25) is 0 Å². The number of phenols is 2. The second-order valence-electron chi connectivity index (χ2n) is 31.6. The maximum absolute atomic E-state index is 16.4. The van der Waals surface area contributed by atoms with Gasteiger partial charge >= 0.3 is 5.97 Å². The lowest BCUT2D eigenvalue weighted by Crippen LogP contribution is -2.60. The summed E-state index contributed by atoms with van der Waals surface area (Å²) in [5, 5.41) is 98.0. The minimum Gasteiger partial charge on any atom is -0.508 e. The zero-order valence-electron chi connectivity index (χ0n) is 54.4. The lowest BCUT2D eigenvalue weighted by Gasteiger charge is -2.56. The monoisotopic (exact) mass is 1280 g/mol. The van der Waals surface area contributed by atoms with Crippen LogP contribution in [0, 0.1) is 40.4 Å². The fourth-order valence-corrected chi connectivity index (χ4v) is 23.2. The first kappa shape index (κ1) is 61.0. The van der Waals surface area contributed by atoms with Gasteiger partial charge in [-0.25, -0.2) is 4.79 Å². The molecule has 3 aromatic carbocycles. The number of fused-ring (bicyclic) bond motifs is 15. The number of ether oxygens (including phenoxy) is 2. The first-order valence-corrected chi connectivity index (χ1v) is 35.6. The van der Waals surface area contributed by atoms with Crippen LogP contribution in [0.15, 0.2) is 121 Å². The molecule has 17 rings (SSSR count). The van der Waals surface area contributed by atoms with Gasteiger partial charge in [-0.15, -0.1) is 0 Å². The number of rotatable bonds is 5. The van der Waals surface area contributed by atoms with Gasteiger partial charge < -0.3 is 66.0 Å². The highest BCUT2D eigenvalue weighted by Gasteiger charge is 2.64. The van der Waals surface area contributed by atoms with Crippen LogP contribution in [-0.4, -0.2) is 90.0 Å². The summed E-state index contributed by atoms with van der Waals surface area (Å²) in [5.74, 6) is -3.34. The molecule has 0 amide bonds. The summed E-state index contributed by atoms with van der Waals surface area (Å²) in [6.07, 6.45) is 22.8. The van der Waals surface area contributed by atoms with Gasteiger partial charge in [0.25, 0.3) is 0 Å². The Morgan fingerprint density at radius 1 is 0.904 bits per heavy atom. The molecule has 8 aliphatic carbocycles. The fraction of sp³-hybridized carbons (Fsp3) is 0.564. The number of benzene rings is 3. The molecule has 0 saturated heterocycles. The molecule has 5 aliphatic heterocycles. The minimum atomic E-state index is -1.63. The van der Waals surface area contributed by atoms with E-state index in [1.54, 1.807) is 25.1 Å². The molecule has 17 atom stereocenters. The molecular formula is C78H92N4O12. The first-order chi connectivity index (χ1) is 45.3. The summed E-state index contributed by atoms with van der Waals surface area (Å²) in [4.78, 5) is 31.4. The number of nitrogens with one attached hydrogen (secondary N) is 3. The van der Waals surface area contributed by atoms with Gasteiger partial charge in [0.05, 0.1) is 29.5 Å². The van der Waals surface area contributed by atoms with Crippen molar-refractivity contribution in [1.82, 2.24) is 16.0 Å². The average molecular weight is 1280 g/mol. The van der Waals surface area contributed by atoms with E-state index in [0.29, 0.717) is 69.3 Å². The third-order valence-corrected chi connectivity index (χ3v) is 27.2. The van der Waals surface area contributed by atoms with Crippen molar-refractivity contribution in [2.75, 3.05) is 13.2 Å². The fourth-order valence-electron chi connectivity index (χ4n) is 23.2. The van der Waals surface area contributed by atoms with Crippen molar-refractivity contribution in [2.45, 2.75) is 221 Å². The van der Waals surface area contributed by atoms with E-state index in [4.69, 9.17) is 19.6 Å². The first-order valence-electron chi connectivity index (χ1n) is 35.6. The van der Waals surface area contributed by atoms with Gasteiger partial charge in [-0.1, -0.05) is 74.3 Å². The molecule has 0 radical (unpaired) electrons. The van der Waals surface area contributed by atoms with E-state index in [1.807, 2.05) is 12.1 Å². The molecule has 5 fully saturated rings. The molecule has 6 heterocycles. The van der Waals surface area contributed by atoms with E-state index in [1.165, 1.54) is 22.8 Å². The second-order valence-corrected chi connectivity index (χ2v) is 31.6. The molecule has 6 bridgehead atoms. The Morgan fingerprint density at radius 3 is 2.52 bits per heavy atom. The molecule has 16 heteroatoms. The van der Waals surface area contributed by atoms with Gasteiger partial charge in [-0.3, -0.25) is 10.1 Å². The maximum Gasteiger partial charge on any atom is 0.337 e. The zero-order chi connectivity index (χ0) is 64.7. The Bertz CT molecular complexity index is 4130. The number of hydrogen-bond donors (Lipinski definition) is 11. The molecule has 94 heavy (non-hydrogen) atoms. The van der Waals surface area contributed by atoms with Gasteiger partial charge in [0.1, 0.15) is 64.3 Å². The standard InChI is InChI=1S/C78H92N4O12/c1-4-57(78(91)34-41-26-45(78)27-42-33-76(70(88)53-12-9-11-49(41)61(42)53)24-19-44-10-5-6-23-77(44,90)38-76)73(89)93-60-31-55-67(87)64-59(86)30-47(36-83)92-69(64)65-62-52-20-25-80-71(79)63(52)66(75(21-7-8-22-75)32-40-14-15-46(85)29-54(40)56(62)37-84)51-18-17-48-43(28-58(51)74(60,3)94-68(55)65)35-81-72-50(48)16-13-39(2)82-72/h4,9,11-16,20,29-30,35,39,41-42,44-45,51,56,58,60,62,66,70,72,80-85,87-88,90-91H,5-8,10,17-19,21-28,31-34,36-38,79H2,1-3H3. The van der Waals surface area contributed by atoms with E-state index in [2.05, 4.69) is 66.4 Å². The lowest BCUT2D eigenvalue weighted by molar-refractivity contribution is -0.173. The second kappa shape index (κ2) is 21.9. The van der Waals surface area contributed by atoms with Crippen molar-refractivity contribution in [3.63, 3.8) is 0 Å². The van der Waals surface area contributed by atoms with E-state index in [-0.39, 0.29) is 99.9 Å². The van der Waals surface area contributed by atoms with Crippen LogP contribution in [0.25, 0.3) is 11.0 Å². The Labute approximate surface area is 549 Å². The number of carbonyl (C=O) groups excluding carboxylic acids is 1. The van der Waals surface area contributed by atoms with Crippen molar-refractivity contribution >= 4 is 16.9 Å². The lowest BCUT2D eigenvalue weighted by atomic mass is 9.51. The normalized spacial score (nSPS) is 38.0. The number of dihydropyridines is 2. The van der Waals surface area contributed by atoms with Crippen molar-refractivity contribution < 1.29 is 54.4 Å². The van der Waals surface area contributed by atoms with Gasteiger partial charge in [0, 0.05) is 65.6 Å². The van der Waals surface area contributed by atoms with Crippen LogP contribution in [-0.2, 0) is 29.0 Å². The third-order valence-electron chi connectivity index (χ3n) is 27.2. The quantitative estimate of drug-likeness (QED) is 0.0655. The van der Waals surface area contributed by atoms with E-state index < -0.39 is 88.0 Å². The third kappa shape index (κ3) is 8.82. The summed E-state index contributed by atoms with van der Waals surface area (Å²) >= 11 is 0. The highest BCUT2D eigenvalue weighted by molar-refractivity contribution is 5.93. The smallest absolute Gasteiger partial charge is 0.337 e. The Balaban J connectivity index is 0.853. The highest BCUT2D eigenvalue weighted by Crippen LogP contribution is 2.69. The summed E-state index contributed by atoms with van der Waals surface area (Å²) in [6, 6.07) is 13.1. The summed E-state index contributed by atoms with van der Waals surface area (Å²) in [5.41, 5.74) is 13.2. The van der Waals surface area contributed by atoms with Gasteiger partial charge in [-0.05, 0) is 226 Å². The SMILES string of the molecule is CC=C(C(=O)OC1Cc2c3c(c4oc(CO)cc(=O)c4c2O)C2C4=CCNC(N)=C4C(C4CCC5=C6C=CC(C)NC6NC=C5CC4C1(C)O3)C1(CCCC1)Cc1ccc(O)cc1C2CO)C1(O)CC2CC1CC1CC3(CCC4CCCCC4(O)C3)C(O)c3cccc2c31. The van der Waals surface area contributed by atoms with E-state index in [0.717, 1.165) is 103 Å². The molecule has 4 aromatic rings. The van der Waals surface area contributed by atoms with Crippen LogP contribution >= 0.6 is 0 Å². The van der Waals surface area contributed by atoms with Gasteiger partial charge in [0.15, 0.2) is 5.43 Å². The molecule has 13 aliphatic rings. The number of allylic oxidation sites excluding steroid dienone is 5. The minimum absolute atomic E-state index is 0.00754. The summed E-state index contributed by atoms with van der Waals surface area (Å²) in [6.45, 7) is 5.32. The molecule has 12 N–H and O–H groups in total. The molecule has 2 spiro atoms. The zero-order valence-corrected chi connectivity index (χ0v) is 54.4. The molecule has 1 aromatic heterocycles. The average Bonchev–Trinajstić information content (AvgIpc) is 1.19. The van der Waals surface area contributed by atoms with Crippen molar-refractivity contribution in [3.8, 4) is 17.2 Å². The number of carbonyl (C=O) groups is 1. The number of phenolic OH excluding ortho intramolecular Hbond substituents is 2. The van der Waals surface area contributed by atoms with Crippen LogP contribution in [0.2, 0.25) is 0 Å². The number of aliphatic hydroxyl groups is 5. The summed E-state index contributed by atoms with van der Waals surface area (Å²) in [7, 11) is 0. The molecule has 17 unspecified atom stereocenters. The van der Waals surface area contributed by atoms with Crippen LogP contribution in [0.1, 0.15) is 211 Å². The van der Waals surface area contributed by atoms with Crippen LogP contribution < -0.4 is 31.8 Å². The maximum atomic E-state index is 16.4. The van der Waals surface area contributed by atoms with Crippen LogP contribution in [0.3, 0.4) is 0 Å². The Morgan fingerprint density at radius 2 is 1.71 bits per heavy atom. The largest absolute Gasteiger partial charge is 0.508 e. The number of nitrogens with two attached hydrogens (primary N) is 1. The number of esters is 1. The Kier molecular flexibility index (Phi) is 14.2. The number of hydrogen-bond acceptors (Lipinski definition) is 16. The van der Waals surface area contributed by atoms with Crippen molar-refractivity contribution in [1.29, 1.82) is 0 Å². The van der Waals surface area contributed by atoms with Crippen molar-refractivity contribution in [2.24, 2.45) is 46.2 Å². The topological polar surface area (TPSA) is 269 Å². The predicted molar refractivity (Wildman–Crippen MR) is 354 cm³/mol. The number of aromatic hydroxyl groups is 2. The van der Waals surface area contributed by atoms with Crippen LogP contribution in [0.4, 0.5) is 0 Å². The predicted octanol–water partition coefficient (Wildman–Crippen LogP) is 10.6. The van der Waals surface area contributed by atoms with E-state index >= 15 is 4.79 Å². The molecule has 496 valence electrons.